The molecule has 0 radical (unpaired) electrons. The molecule has 160 valence electrons. The number of thiophene rings is 1. The third-order valence-electron chi connectivity index (χ3n) is 5.16. The number of aryl methyl sites for hydroxylation is 3. The van der Waals surface area contributed by atoms with Gasteiger partial charge in [-0.2, -0.15) is 5.10 Å². The van der Waals surface area contributed by atoms with E-state index in [1.807, 2.05) is 39.0 Å². The van der Waals surface area contributed by atoms with Crippen LogP contribution >= 0.6 is 11.3 Å². The molecule has 2 aromatic heterocycles. The van der Waals surface area contributed by atoms with Crippen LogP contribution in [-0.2, 0) is 4.79 Å². The van der Waals surface area contributed by atoms with Crippen LogP contribution in [0.5, 0.6) is 5.88 Å². The van der Waals surface area contributed by atoms with Gasteiger partial charge in [-0.1, -0.05) is 6.07 Å². The minimum absolute atomic E-state index is 0.110. The minimum Gasteiger partial charge on any atom is -0.493 e. The Labute approximate surface area is 182 Å². The standard InChI is InChI=1S/C22H22N4O4S/c1-11-7-12(2)9-15(8-11)25-21(29)19(20(28)23-22(25)30)16-10-17(26(24-16)14(4)27)18-6-5-13(3)31-18/h5-9,17,29H,10H2,1-4H3,(H,23,28,30)/t17-/m0/s1. The van der Waals surface area contributed by atoms with E-state index in [9.17, 15) is 19.5 Å². The Hall–Kier alpha value is -3.46. The average molecular weight is 439 g/mol. The summed E-state index contributed by atoms with van der Waals surface area (Å²) in [6, 6.07) is 8.95. The number of rotatable bonds is 3. The van der Waals surface area contributed by atoms with E-state index in [2.05, 4.69) is 10.1 Å². The second kappa shape index (κ2) is 7.66. The summed E-state index contributed by atoms with van der Waals surface area (Å²) in [6.45, 7) is 7.13. The van der Waals surface area contributed by atoms with Crippen LogP contribution in [0.2, 0.25) is 0 Å². The molecule has 0 unspecified atom stereocenters. The quantitative estimate of drug-likeness (QED) is 0.655. The maximum absolute atomic E-state index is 12.7. The van der Waals surface area contributed by atoms with Crippen LogP contribution in [0.3, 0.4) is 0 Å². The third-order valence-corrected chi connectivity index (χ3v) is 6.26. The van der Waals surface area contributed by atoms with Gasteiger partial charge in [0.05, 0.1) is 17.4 Å². The fraction of sp³-hybridized carbons (Fsp3) is 0.273. The smallest absolute Gasteiger partial charge is 0.335 e. The maximum atomic E-state index is 12.7. The molecule has 0 saturated carbocycles. The summed E-state index contributed by atoms with van der Waals surface area (Å²) in [6.07, 6.45) is 0.251. The highest BCUT2D eigenvalue weighted by atomic mass is 32.1. The molecule has 1 aromatic carbocycles. The van der Waals surface area contributed by atoms with Gasteiger partial charge in [-0.05, 0) is 56.2 Å². The average Bonchev–Trinajstić information content (AvgIpc) is 3.27. The number of hydrazone groups is 1. The van der Waals surface area contributed by atoms with Crippen LogP contribution in [0.25, 0.3) is 5.69 Å². The fourth-order valence-corrected chi connectivity index (χ4v) is 4.87. The number of carbonyl (C=O) groups is 1. The van der Waals surface area contributed by atoms with Crippen molar-refractivity contribution in [1.82, 2.24) is 14.6 Å². The molecule has 4 rings (SSSR count). The largest absolute Gasteiger partial charge is 0.493 e. The molecule has 3 heterocycles. The van der Waals surface area contributed by atoms with E-state index in [1.54, 1.807) is 23.5 Å². The number of hydrogen-bond acceptors (Lipinski definition) is 6. The number of H-pyrrole nitrogens is 1. The number of aromatic nitrogens is 2. The first kappa shape index (κ1) is 20.8. The van der Waals surface area contributed by atoms with Gasteiger partial charge in [0.2, 0.25) is 11.8 Å². The summed E-state index contributed by atoms with van der Waals surface area (Å²) >= 11 is 1.55. The van der Waals surface area contributed by atoms with Crippen molar-refractivity contribution in [3.63, 3.8) is 0 Å². The topological polar surface area (TPSA) is 108 Å². The molecule has 0 fully saturated rings. The van der Waals surface area contributed by atoms with E-state index in [0.29, 0.717) is 5.69 Å². The van der Waals surface area contributed by atoms with Crippen LogP contribution in [-0.4, -0.2) is 31.3 Å². The summed E-state index contributed by atoms with van der Waals surface area (Å²) in [4.78, 5) is 41.8. The zero-order chi connectivity index (χ0) is 22.4. The summed E-state index contributed by atoms with van der Waals surface area (Å²) in [7, 11) is 0. The lowest BCUT2D eigenvalue weighted by Crippen LogP contribution is -2.33. The molecule has 1 aliphatic heterocycles. The first-order valence-corrected chi connectivity index (χ1v) is 10.6. The number of nitrogens with one attached hydrogen (secondary N) is 1. The number of benzene rings is 1. The zero-order valence-electron chi connectivity index (χ0n) is 17.6. The minimum atomic E-state index is -0.747. The molecular weight excluding hydrogens is 416 g/mol. The van der Waals surface area contributed by atoms with Crippen molar-refractivity contribution in [3.8, 4) is 11.6 Å². The van der Waals surface area contributed by atoms with Gasteiger partial charge in [0, 0.05) is 23.1 Å². The number of amides is 1. The highest BCUT2D eigenvalue weighted by Crippen LogP contribution is 2.37. The number of aromatic amines is 1. The molecule has 8 nitrogen and oxygen atoms in total. The Morgan fingerprint density at radius 2 is 1.84 bits per heavy atom. The molecule has 9 heteroatoms. The first-order chi connectivity index (χ1) is 14.7. The van der Waals surface area contributed by atoms with Crippen molar-refractivity contribution in [2.45, 2.75) is 40.2 Å². The molecule has 0 saturated heterocycles. The van der Waals surface area contributed by atoms with E-state index in [-0.39, 0.29) is 29.6 Å². The maximum Gasteiger partial charge on any atom is 0.335 e. The molecule has 1 amide bonds. The molecule has 1 atom stereocenters. The molecule has 3 aromatic rings. The van der Waals surface area contributed by atoms with E-state index >= 15 is 0 Å². The van der Waals surface area contributed by atoms with Crippen molar-refractivity contribution < 1.29 is 9.90 Å². The number of aromatic hydroxyl groups is 1. The predicted molar refractivity (Wildman–Crippen MR) is 119 cm³/mol. The number of hydrogen-bond donors (Lipinski definition) is 2. The lowest BCUT2D eigenvalue weighted by molar-refractivity contribution is -0.130. The molecule has 1 aliphatic rings. The predicted octanol–water partition coefficient (Wildman–Crippen LogP) is 2.92. The lowest BCUT2D eigenvalue weighted by Gasteiger charge is -2.18. The first-order valence-electron chi connectivity index (χ1n) is 9.76. The SMILES string of the molecule is CC(=O)N1N=C(c2c(O)n(-c3cc(C)cc(C)c3)c(=O)[nH]c2=O)C[C@H]1c1ccc(C)s1. The second-order valence-corrected chi connectivity index (χ2v) is 9.04. The van der Waals surface area contributed by atoms with E-state index in [0.717, 1.165) is 25.4 Å². The van der Waals surface area contributed by atoms with E-state index in [4.69, 9.17) is 0 Å². The summed E-state index contributed by atoms with van der Waals surface area (Å²) in [5.74, 6) is -0.770. The third kappa shape index (κ3) is 3.72. The van der Waals surface area contributed by atoms with Gasteiger partial charge >= 0.3 is 5.69 Å². The monoisotopic (exact) mass is 438 g/mol. The zero-order valence-corrected chi connectivity index (χ0v) is 18.4. The van der Waals surface area contributed by atoms with Crippen molar-refractivity contribution in [2.24, 2.45) is 5.10 Å². The normalized spacial score (nSPS) is 15.9. The molecule has 0 spiro atoms. The van der Waals surface area contributed by atoms with E-state index < -0.39 is 17.1 Å². The van der Waals surface area contributed by atoms with Crippen LogP contribution in [0.15, 0.2) is 45.0 Å². The highest BCUT2D eigenvalue weighted by molar-refractivity contribution is 7.12. The lowest BCUT2D eigenvalue weighted by atomic mass is 10.0. The van der Waals surface area contributed by atoms with Gasteiger partial charge in [-0.3, -0.25) is 14.6 Å². The Kier molecular flexibility index (Phi) is 5.14. The molecule has 0 aliphatic carbocycles. The van der Waals surface area contributed by atoms with E-state index in [1.165, 1.54) is 11.9 Å². The van der Waals surface area contributed by atoms with Crippen LogP contribution in [0.1, 0.15) is 45.8 Å². The van der Waals surface area contributed by atoms with Crippen LogP contribution in [0, 0.1) is 20.8 Å². The molecular formula is C22H22N4O4S. The summed E-state index contributed by atoms with van der Waals surface area (Å²) < 4.78 is 1.06. The van der Waals surface area contributed by atoms with Gasteiger partial charge in [-0.25, -0.2) is 14.4 Å². The molecule has 31 heavy (non-hydrogen) atoms. The van der Waals surface area contributed by atoms with Crippen molar-refractivity contribution in [1.29, 1.82) is 0 Å². The molecule has 0 bridgehead atoms. The van der Waals surface area contributed by atoms with Crippen molar-refractivity contribution >= 4 is 23.0 Å². The van der Waals surface area contributed by atoms with Crippen LogP contribution in [0.4, 0.5) is 0 Å². The van der Waals surface area contributed by atoms with Gasteiger partial charge in [0.25, 0.3) is 5.56 Å². The molecule has 2 N–H and O–H groups in total. The number of carbonyl (C=O) groups excluding carboxylic acids is 1. The Bertz CT molecular complexity index is 1330. The fourth-order valence-electron chi connectivity index (χ4n) is 3.91. The van der Waals surface area contributed by atoms with Gasteiger partial charge < -0.3 is 5.11 Å². The van der Waals surface area contributed by atoms with Crippen molar-refractivity contribution in [3.05, 3.63) is 77.6 Å². The van der Waals surface area contributed by atoms with Gasteiger partial charge in [-0.15, -0.1) is 11.3 Å². The van der Waals surface area contributed by atoms with Gasteiger partial charge in [0.15, 0.2) is 0 Å². The summed E-state index contributed by atoms with van der Waals surface area (Å²) in [5.41, 5.74) is 0.900. The Morgan fingerprint density at radius 1 is 1.16 bits per heavy atom. The van der Waals surface area contributed by atoms with Crippen LogP contribution < -0.4 is 11.2 Å². The Balaban J connectivity index is 1.86. The highest BCUT2D eigenvalue weighted by Gasteiger charge is 2.35. The van der Waals surface area contributed by atoms with Crippen molar-refractivity contribution in [2.75, 3.05) is 0 Å². The number of nitrogens with zero attached hydrogens (tertiary/aromatic N) is 3. The second-order valence-electron chi connectivity index (χ2n) is 7.72. The van der Waals surface area contributed by atoms with Gasteiger partial charge in [0.1, 0.15) is 5.56 Å². The Morgan fingerprint density at radius 3 is 2.42 bits per heavy atom. The summed E-state index contributed by atoms with van der Waals surface area (Å²) in [5, 5.41) is 16.7.